The second-order valence-corrected chi connectivity index (χ2v) is 6.89. The first-order valence-corrected chi connectivity index (χ1v) is 8.87. The quantitative estimate of drug-likeness (QED) is 0.764. The number of halogens is 2. The van der Waals surface area contributed by atoms with Crippen molar-refractivity contribution in [3.05, 3.63) is 58.6 Å². The molecule has 0 bridgehead atoms. The van der Waals surface area contributed by atoms with Gasteiger partial charge in [0.25, 0.3) is 0 Å². The molecule has 0 saturated heterocycles. The Morgan fingerprint density at radius 1 is 1.12 bits per heavy atom. The van der Waals surface area contributed by atoms with Crippen molar-refractivity contribution >= 4 is 46.4 Å². The van der Waals surface area contributed by atoms with E-state index in [4.69, 9.17) is 23.2 Å². The lowest BCUT2D eigenvalue weighted by Crippen LogP contribution is -2.43. The lowest BCUT2D eigenvalue weighted by Gasteiger charge is -2.26. The van der Waals surface area contributed by atoms with E-state index in [9.17, 15) is 9.59 Å². The molecule has 1 fully saturated rings. The molecule has 1 aliphatic rings. The molecule has 0 radical (unpaired) electrons. The minimum atomic E-state index is -1.02. The topological polar surface area (TPSA) is 49.4 Å². The molecule has 1 aliphatic carbocycles. The third-order valence-corrected chi connectivity index (χ3v) is 4.95. The molecule has 0 spiro atoms. The fourth-order valence-corrected chi connectivity index (χ4v) is 3.26. The number of carbonyl (C=O) groups excluding carboxylic acids is 2. The maximum atomic E-state index is 13.0. The number of hydrogen-bond donors (Lipinski definition) is 1. The molecule has 0 aromatic heterocycles. The number of amides is 2. The van der Waals surface area contributed by atoms with Crippen LogP contribution in [0.4, 0.5) is 11.4 Å². The second-order valence-electron chi connectivity index (χ2n) is 6.05. The Balaban J connectivity index is 1.81. The Morgan fingerprint density at radius 3 is 2.36 bits per heavy atom. The van der Waals surface area contributed by atoms with Gasteiger partial charge in [-0.3, -0.25) is 9.59 Å². The van der Waals surface area contributed by atoms with Gasteiger partial charge in [-0.1, -0.05) is 41.4 Å². The van der Waals surface area contributed by atoms with Crippen molar-refractivity contribution in [2.45, 2.75) is 19.8 Å². The Hall–Kier alpha value is -2.04. The number of carbonyl (C=O) groups is 2. The van der Waals surface area contributed by atoms with E-state index in [-0.39, 0.29) is 11.8 Å². The summed E-state index contributed by atoms with van der Waals surface area (Å²) < 4.78 is 0. The molecule has 6 heteroatoms. The van der Waals surface area contributed by atoms with Gasteiger partial charge in [0.15, 0.2) is 0 Å². The summed E-state index contributed by atoms with van der Waals surface area (Å²) in [4.78, 5) is 27.5. The fourth-order valence-electron chi connectivity index (χ4n) is 2.81. The van der Waals surface area contributed by atoms with Crippen molar-refractivity contribution in [2.75, 3.05) is 16.8 Å². The van der Waals surface area contributed by atoms with E-state index < -0.39 is 5.41 Å². The first-order chi connectivity index (χ1) is 12.0. The third-order valence-electron chi connectivity index (χ3n) is 4.40. The summed E-state index contributed by atoms with van der Waals surface area (Å²) in [6.07, 6.45) is 1.07. The molecule has 2 aromatic carbocycles. The van der Waals surface area contributed by atoms with E-state index in [2.05, 4.69) is 5.32 Å². The predicted molar refractivity (Wildman–Crippen MR) is 101 cm³/mol. The molecule has 0 aliphatic heterocycles. The number of nitrogens with one attached hydrogen (secondary N) is 1. The molecule has 0 heterocycles. The van der Waals surface area contributed by atoms with Gasteiger partial charge in [0.1, 0.15) is 5.41 Å². The van der Waals surface area contributed by atoms with Gasteiger partial charge in [0.2, 0.25) is 11.8 Å². The highest BCUT2D eigenvalue weighted by atomic mass is 35.5. The van der Waals surface area contributed by atoms with Crippen LogP contribution in [0, 0.1) is 5.41 Å². The lowest BCUT2D eigenvalue weighted by molar-refractivity contribution is -0.132. The number of benzene rings is 2. The second kappa shape index (κ2) is 7.06. The number of rotatable bonds is 5. The third kappa shape index (κ3) is 3.51. The minimum Gasteiger partial charge on any atom is -0.324 e. The number of hydrogen-bond acceptors (Lipinski definition) is 2. The highest BCUT2D eigenvalue weighted by Gasteiger charge is 2.58. The van der Waals surface area contributed by atoms with E-state index in [1.807, 2.05) is 37.3 Å². The summed E-state index contributed by atoms with van der Waals surface area (Å²) in [6, 6.07) is 14.2. The standard InChI is InChI=1S/C19H18Cl2N2O2/c1-2-23(14-6-4-3-5-7-14)18(25)19(10-11-19)17(24)22-16-9-8-13(20)12-15(16)21/h3-9,12H,2,10-11H2,1H3,(H,22,24). The van der Waals surface area contributed by atoms with Crippen LogP contribution in [0.1, 0.15) is 19.8 Å². The molecule has 3 rings (SSSR count). The van der Waals surface area contributed by atoms with Crippen LogP contribution in [-0.4, -0.2) is 18.4 Å². The maximum Gasteiger partial charge on any atom is 0.242 e. The van der Waals surface area contributed by atoms with E-state index in [0.717, 1.165) is 5.69 Å². The van der Waals surface area contributed by atoms with Crippen LogP contribution in [-0.2, 0) is 9.59 Å². The van der Waals surface area contributed by atoms with E-state index in [1.54, 1.807) is 23.1 Å². The van der Waals surface area contributed by atoms with Crippen molar-refractivity contribution in [3.63, 3.8) is 0 Å². The molecular weight excluding hydrogens is 359 g/mol. The molecule has 1 saturated carbocycles. The van der Waals surface area contributed by atoms with Crippen LogP contribution >= 0.6 is 23.2 Å². The predicted octanol–water partition coefficient (Wildman–Crippen LogP) is 4.77. The number of nitrogens with zero attached hydrogens (tertiary/aromatic N) is 1. The van der Waals surface area contributed by atoms with Crippen LogP contribution in [0.3, 0.4) is 0 Å². The van der Waals surface area contributed by atoms with Gasteiger partial charge in [0.05, 0.1) is 10.7 Å². The zero-order chi connectivity index (χ0) is 18.0. The van der Waals surface area contributed by atoms with Crippen LogP contribution in [0.2, 0.25) is 10.0 Å². The van der Waals surface area contributed by atoms with Crippen molar-refractivity contribution in [2.24, 2.45) is 5.41 Å². The highest BCUT2D eigenvalue weighted by Crippen LogP contribution is 2.49. The highest BCUT2D eigenvalue weighted by molar-refractivity contribution is 6.37. The Morgan fingerprint density at radius 2 is 1.80 bits per heavy atom. The van der Waals surface area contributed by atoms with E-state index >= 15 is 0 Å². The average molecular weight is 377 g/mol. The molecule has 1 N–H and O–H groups in total. The van der Waals surface area contributed by atoms with Crippen molar-refractivity contribution < 1.29 is 9.59 Å². The zero-order valence-electron chi connectivity index (χ0n) is 13.8. The van der Waals surface area contributed by atoms with Crippen LogP contribution < -0.4 is 10.2 Å². The monoisotopic (exact) mass is 376 g/mol. The molecule has 130 valence electrons. The Kier molecular flexibility index (Phi) is 5.02. The van der Waals surface area contributed by atoms with Gasteiger partial charge < -0.3 is 10.2 Å². The molecule has 0 unspecified atom stereocenters. The Labute approximate surface area is 156 Å². The molecule has 25 heavy (non-hydrogen) atoms. The summed E-state index contributed by atoms with van der Waals surface area (Å²) in [7, 11) is 0. The first-order valence-electron chi connectivity index (χ1n) is 8.11. The number of anilines is 2. The van der Waals surface area contributed by atoms with E-state index in [1.165, 1.54) is 0 Å². The van der Waals surface area contributed by atoms with Gasteiger partial charge in [-0.25, -0.2) is 0 Å². The van der Waals surface area contributed by atoms with Crippen molar-refractivity contribution in [3.8, 4) is 0 Å². The lowest BCUT2D eigenvalue weighted by atomic mass is 10.0. The summed E-state index contributed by atoms with van der Waals surface area (Å²) in [5, 5.41) is 3.61. The number of para-hydroxylation sites is 1. The van der Waals surface area contributed by atoms with Crippen LogP contribution in [0.5, 0.6) is 0 Å². The van der Waals surface area contributed by atoms with Crippen LogP contribution in [0.25, 0.3) is 0 Å². The van der Waals surface area contributed by atoms with Gasteiger partial charge in [-0.2, -0.15) is 0 Å². The van der Waals surface area contributed by atoms with Crippen molar-refractivity contribution in [1.82, 2.24) is 0 Å². The molecule has 0 atom stereocenters. The van der Waals surface area contributed by atoms with Gasteiger partial charge in [-0.05, 0) is 50.1 Å². The summed E-state index contributed by atoms with van der Waals surface area (Å²) >= 11 is 12.0. The minimum absolute atomic E-state index is 0.177. The molecule has 4 nitrogen and oxygen atoms in total. The van der Waals surface area contributed by atoms with Gasteiger partial charge in [-0.15, -0.1) is 0 Å². The largest absolute Gasteiger partial charge is 0.324 e. The summed E-state index contributed by atoms with van der Waals surface area (Å²) in [5.74, 6) is -0.500. The summed E-state index contributed by atoms with van der Waals surface area (Å²) in [6.45, 7) is 2.40. The van der Waals surface area contributed by atoms with Gasteiger partial charge >= 0.3 is 0 Å². The van der Waals surface area contributed by atoms with Crippen LogP contribution in [0.15, 0.2) is 48.5 Å². The molecular formula is C19H18Cl2N2O2. The smallest absolute Gasteiger partial charge is 0.242 e. The first kappa shape index (κ1) is 17.8. The summed E-state index contributed by atoms with van der Waals surface area (Å²) in [5.41, 5.74) is 0.228. The maximum absolute atomic E-state index is 13.0. The molecule has 2 aromatic rings. The fraction of sp³-hybridized carbons (Fsp3) is 0.263. The molecule has 2 amide bonds. The SMILES string of the molecule is CCN(C(=O)C1(C(=O)Nc2ccc(Cl)cc2Cl)CC1)c1ccccc1. The van der Waals surface area contributed by atoms with Gasteiger partial charge in [0, 0.05) is 17.3 Å². The normalized spacial score (nSPS) is 14.7. The average Bonchev–Trinajstić information content (AvgIpc) is 3.41. The zero-order valence-corrected chi connectivity index (χ0v) is 15.3. The van der Waals surface area contributed by atoms with Crippen molar-refractivity contribution in [1.29, 1.82) is 0 Å². The Bertz CT molecular complexity index is 804. The van der Waals surface area contributed by atoms with E-state index in [0.29, 0.717) is 35.1 Å².